The second-order valence-electron chi connectivity index (χ2n) is 4.72. The van der Waals surface area contributed by atoms with Gasteiger partial charge in [-0.1, -0.05) is 24.3 Å². The predicted molar refractivity (Wildman–Crippen MR) is 63.9 cm³/mol. The highest BCUT2D eigenvalue weighted by Gasteiger charge is 2.39. The number of nitrogens with one attached hydrogen (secondary N) is 1. The second-order valence-corrected chi connectivity index (χ2v) is 4.72. The summed E-state index contributed by atoms with van der Waals surface area (Å²) in [6.45, 7) is 3.88. The molecule has 16 heavy (non-hydrogen) atoms. The molecule has 1 fully saturated rings. The van der Waals surface area contributed by atoms with Gasteiger partial charge < -0.3 is 5.73 Å². The fourth-order valence-corrected chi connectivity index (χ4v) is 2.05. The molecule has 0 heterocycles. The lowest BCUT2D eigenvalue weighted by Gasteiger charge is -2.29. The molecule has 1 aliphatic carbocycles. The Morgan fingerprint density at radius 2 is 2.06 bits per heavy atom. The van der Waals surface area contributed by atoms with Gasteiger partial charge in [0.2, 0.25) is 5.91 Å². The van der Waals surface area contributed by atoms with E-state index in [4.69, 9.17) is 5.73 Å². The number of nitrogens with two attached hydrogens (primary N) is 1. The van der Waals surface area contributed by atoms with Gasteiger partial charge in [-0.2, -0.15) is 0 Å². The fraction of sp³-hybridized carbons (Fsp3) is 0.462. The molecule has 0 radical (unpaired) electrons. The summed E-state index contributed by atoms with van der Waals surface area (Å²) >= 11 is 0. The minimum Gasteiger partial charge on any atom is -0.368 e. The Kier molecular flexibility index (Phi) is 2.72. The smallest absolute Gasteiger partial charge is 0.242 e. The number of benzene rings is 1. The average molecular weight is 218 g/mol. The maximum atomic E-state index is 11.7. The molecule has 3 N–H and O–H groups in total. The SMILES string of the molecule is Cc1ccccc1C(C)(NC1CC1)C(N)=O. The minimum atomic E-state index is -0.744. The standard InChI is InChI=1S/C13H18N2O/c1-9-5-3-4-6-11(9)13(2,12(14)16)15-10-7-8-10/h3-6,10,15H,7-8H2,1-2H3,(H2,14,16). The number of rotatable bonds is 4. The van der Waals surface area contributed by atoms with E-state index in [0.717, 1.165) is 24.0 Å². The van der Waals surface area contributed by atoms with Gasteiger partial charge in [0.15, 0.2) is 0 Å². The van der Waals surface area contributed by atoms with Crippen LogP contribution in [0.4, 0.5) is 0 Å². The Balaban J connectivity index is 2.38. The predicted octanol–water partition coefficient (Wildman–Crippen LogP) is 1.45. The molecule has 2 rings (SSSR count). The van der Waals surface area contributed by atoms with Gasteiger partial charge in [0.05, 0.1) is 0 Å². The third-order valence-corrected chi connectivity index (χ3v) is 3.25. The number of hydrogen-bond donors (Lipinski definition) is 2. The lowest BCUT2D eigenvalue weighted by atomic mass is 9.87. The Hall–Kier alpha value is -1.35. The molecule has 1 aromatic carbocycles. The monoisotopic (exact) mass is 218 g/mol. The number of carbonyl (C=O) groups is 1. The first kappa shape index (κ1) is 11.1. The van der Waals surface area contributed by atoms with E-state index < -0.39 is 5.54 Å². The first-order chi connectivity index (χ1) is 7.54. The van der Waals surface area contributed by atoms with Crippen LogP contribution >= 0.6 is 0 Å². The molecule has 0 bridgehead atoms. The van der Waals surface area contributed by atoms with E-state index >= 15 is 0 Å². The molecular weight excluding hydrogens is 200 g/mol. The summed E-state index contributed by atoms with van der Waals surface area (Å²) < 4.78 is 0. The molecule has 3 heteroatoms. The quantitative estimate of drug-likeness (QED) is 0.803. The normalized spacial score (nSPS) is 19.1. The highest BCUT2D eigenvalue weighted by molar-refractivity contribution is 5.86. The largest absolute Gasteiger partial charge is 0.368 e. The molecular formula is C13H18N2O. The highest BCUT2D eigenvalue weighted by atomic mass is 16.1. The Bertz CT molecular complexity index is 412. The molecule has 1 atom stereocenters. The van der Waals surface area contributed by atoms with E-state index in [1.54, 1.807) is 0 Å². The number of amides is 1. The minimum absolute atomic E-state index is 0.311. The van der Waals surface area contributed by atoms with Crippen molar-refractivity contribution in [2.24, 2.45) is 5.73 Å². The van der Waals surface area contributed by atoms with Crippen molar-refractivity contribution in [1.82, 2.24) is 5.32 Å². The summed E-state index contributed by atoms with van der Waals surface area (Å²) in [5.74, 6) is -0.311. The van der Waals surface area contributed by atoms with Gasteiger partial charge in [0, 0.05) is 6.04 Å². The van der Waals surface area contributed by atoms with Gasteiger partial charge >= 0.3 is 0 Å². The van der Waals surface area contributed by atoms with Gasteiger partial charge in [-0.05, 0) is 37.8 Å². The van der Waals surface area contributed by atoms with Crippen LogP contribution < -0.4 is 11.1 Å². The van der Waals surface area contributed by atoms with Crippen molar-refractivity contribution >= 4 is 5.91 Å². The molecule has 0 saturated heterocycles. The Labute approximate surface area is 96.0 Å². The van der Waals surface area contributed by atoms with Gasteiger partial charge in [-0.3, -0.25) is 10.1 Å². The van der Waals surface area contributed by atoms with Crippen LogP contribution in [0.1, 0.15) is 30.9 Å². The lowest BCUT2D eigenvalue weighted by molar-refractivity contribution is -0.124. The third-order valence-electron chi connectivity index (χ3n) is 3.25. The summed E-state index contributed by atoms with van der Waals surface area (Å²) in [6, 6.07) is 8.33. The van der Waals surface area contributed by atoms with Crippen molar-refractivity contribution in [1.29, 1.82) is 0 Å². The number of hydrogen-bond acceptors (Lipinski definition) is 2. The van der Waals surface area contributed by atoms with Crippen LogP contribution in [0.15, 0.2) is 24.3 Å². The molecule has 1 amide bonds. The summed E-state index contributed by atoms with van der Waals surface area (Å²) in [5.41, 5.74) is 6.88. The van der Waals surface area contributed by atoms with Gasteiger partial charge in [0.1, 0.15) is 5.54 Å². The molecule has 1 aromatic rings. The molecule has 86 valence electrons. The van der Waals surface area contributed by atoms with Gasteiger partial charge in [-0.15, -0.1) is 0 Å². The van der Waals surface area contributed by atoms with Crippen molar-refractivity contribution < 1.29 is 4.79 Å². The number of aryl methyl sites for hydroxylation is 1. The van der Waals surface area contributed by atoms with E-state index in [9.17, 15) is 4.79 Å². The lowest BCUT2D eigenvalue weighted by Crippen LogP contribution is -2.51. The van der Waals surface area contributed by atoms with E-state index in [1.165, 1.54) is 0 Å². The third kappa shape index (κ3) is 1.95. The zero-order chi connectivity index (χ0) is 11.8. The van der Waals surface area contributed by atoms with E-state index in [2.05, 4.69) is 5.32 Å². The molecule has 1 saturated carbocycles. The summed E-state index contributed by atoms with van der Waals surface area (Å²) in [6.07, 6.45) is 2.27. The maximum absolute atomic E-state index is 11.7. The van der Waals surface area contributed by atoms with Crippen molar-refractivity contribution in [2.45, 2.75) is 38.3 Å². The van der Waals surface area contributed by atoms with Gasteiger partial charge in [0.25, 0.3) is 0 Å². The van der Waals surface area contributed by atoms with Crippen LogP contribution in [0, 0.1) is 6.92 Å². The fourth-order valence-electron chi connectivity index (χ4n) is 2.05. The van der Waals surface area contributed by atoms with Crippen LogP contribution in [0.25, 0.3) is 0 Å². The highest BCUT2D eigenvalue weighted by Crippen LogP contribution is 2.29. The summed E-state index contributed by atoms with van der Waals surface area (Å²) in [5, 5.41) is 3.35. The van der Waals surface area contributed by atoms with Crippen molar-refractivity contribution in [3.8, 4) is 0 Å². The van der Waals surface area contributed by atoms with Crippen LogP contribution in [-0.4, -0.2) is 11.9 Å². The van der Waals surface area contributed by atoms with Crippen LogP contribution in [0.5, 0.6) is 0 Å². The van der Waals surface area contributed by atoms with Crippen LogP contribution in [0.3, 0.4) is 0 Å². The Morgan fingerprint density at radius 3 is 2.56 bits per heavy atom. The molecule has 0 aliphatic heterocycles. The Morgan fingerprint density at radius 1 is 1.44 bits per heavy atom. The van der Waals surface area contributed by atoms with E-state index in [-0.39, 0.29) is 5.91 Å². The van der Waals surface area contributed by atoms with Gasteiger partial charge in [-0.25, -0.2) is 0 Å². The zero-order valence-corrected chi connectivity index (χ0v) is 9.79. The molecule has 1 aliphatic rings. The second kappa shape index (κ2) is 3.91. The summed E-state index contributed by atoms with van der Waals surface area (Å²) in [4.78, 5) is 11.7. The van der Waals surface area contributed by atoms with Crippen molar-refractivity contribution in [2.75, 3.05) is 0 Å². The van der Waals surface area contributed by atoms with Crippen LogP contribution in [-0.2, 0) is 10.3 Å². The summed E-state index contributed by atoms with van der Waals surface area (Å²) in [7, 11) is 0. The molecule has 1 unspecified atom stereocenters. The van der Waals surface area contributed by atoms with Crippen LogP contribution in [0.2, 0.25) is 0 Å². The van der Waals surface area contributed by atoms with Crippen molar-refractivity contribution in [3.63, 3.8) is 0 Å². The molecule has 0 aromatic heterocycles. The van der Waals surface area contributed by atoms with E-state index in [0.29, 0.717) is 6.04 Å². The average Bonchev–Trinajstić information content (AvgIpc) is 3.01. The number of carbonyl (C=O) groups excluding carboxylic acids is 1. The molecule has 3 nitrogen and oxygen atoms in total. The van der Waals surface area contributed by atoms with E-state index in [1.807, 2.05) is 38.1 Å². The molecule has 0 spiro atoms. The maximum Gasteiger partial charge on any atom is 0.242 e. The van der Waals surface area contributed by atoms with Crippen molar-refractivity contribution in [3.05, 3.63) is 35.4 Å². The first-order valence-corrected chi connectivity index (χ1v) is 5.68. The number of primary amides is 1. The first-order valence-electron chi connectivity index (χ1n) is 5.68. The topological polar surface area (TPSA) is 55.1 Å². The zero-order valence-electron chi connectivity index (χ0n) is 9.79.